The maximum absolute atomic E-state index is 12.3. The van der Waals surface area contributed by atoms with Gasteiger partial charge in [-0.2, -0.15) is 0 Å². The summed E-state index contributed by atoms with van der Waals surface area (Å²) in [5, 5.41) is 0. The Morgan fingerprint density at radius 2 is 1.96 bits per heavy atom. The van der Waals surface area contributed by atoms with Crippen molar-refractivity contribution in [1.82, 2.24) is 19.8 Å². The van der Waals surface area contributed by atoms with E-state index >= 15 is 0 Å². The molecule has 0 saturated carbocycles. The number of aryl methyl sites for hydroxylation is 2. The molecule has 3 rings (SSSR count). The summed E-state index contributed by atoms with van der Waals surface area (Å²) in [6.45, 7) is 7.50. The zero-order valence-electron chi connectivity index (χ0n) is 13.5. The Morgan fingerprint density at radius 1 is 1.22 bits per heavy atom. The molecular weight excluding hydrogens is 298 g/mol. The van der Waals surface area contributed by atoms with Crippen LogP contribution in [0.4, 0.5) is 10.6 Å². The maximum Gasteiger partial charge on any atom is 0.410 e. The summed E-state index contributed by atoms with van der Waals surface area (Å²) >= 11 is 0. The summed E-state index contributed by atoms with van der Waals surface area (Å²) < 4.78 is 4.85. The molecule has 2 saturated heterocycles. The molecule has 1 aromatic rings. The van der Waals surface area contributed by atoms with Crippen molar-refractivity contribution in [2.45, 2.75) is 13.8 Å². The highest BCUT2D eigenvalue weighted by Gasteiger charge is 2.28. The third kappa shape index (κ3) is 3.35. The number of piperazine rings is 1. The van der Waals surface area contributed by atoms with E-state index in [1.54, 1.807) is 11.1 Å². The molecule has 0 spiro atoms. The van der Waals surface area contributed by atoms with E-state index in [2.05, 4.69) is 14.9 Å². The standard InChI is InChI=1S/C15H21N5O3/c1-11-9-16-12(2)14(17-11)19-5-3-18(4-6-19)13(21)10-20-7-8-23-15(20)22/h9H,3-8,10H2,1-2H3. The van der Waals surface area contributed by atoms with E-state index in [0.717, 1.165) is 30.3 Å². The van der Waals surface area contributed by atoms with Gasteiger partial charge < -0.3 is 14.5 Å². The van der Waals surface area contributed by atoms with Crippen molar-refractivity contribution in [2.75, 3.05) is 50.8 Å². The van der Waals surface area contributed by atoms with Crippen LogP contribution in [0.5, 0.6) is 0 Å². The number of cyclic esters (lactones) is 1. The fourth-order valence-electron chi connectivity index (χ4n) is 2.82. The summed E-state index contributed by atoms with van der Waals surface area (Å²) in [7, 11) is 0. The van der Waals surface area contributed by atoms with Crippen LogP contribution in [0.3, 0.4) is 0 Å². The van der Waals surface area contributed by atoms with Crippen LogP contribution in [0, 0.1) is 13.8 Å². The number of aromatic nitrogens is 2. The van der Waals surface area contributed by atoms with E-state index in [0.29, 0.717) is 26.2 Å². The Hall–Kier alpha value is -2.38. The normalized spacial score (nSPS) is 18.3. The monoisotopic (exact) mass is 319 g/mol. The molecule has 0 radical (unpaired) electrons. The van der Waals surface area contributed by atoms with Crippen molar-refractivity contribution in [3.63, 3.8) is 0 Å². The van der Waals surface area contributed by atoms with Crippen molar-refractivity contribution in [3.05, 3.63) is 17.6 Å². The molecule has 2 amide bonds. The first-order chi connectivity index (χ1) is 11.0. The fourth-order valence-corrected chi connectivity index (χ4v) is 2.82. The number of carbonyl (C=O) groups excluding carboxylic acids is 2. The maximum atomic E-state index is 12.3. The third-order valence-electron chi connectivity index (χ3n) is 4.15. The predicted octanol–water partition coefficient (Wildman–Crippen LogP) is 0.194. The largest absolute Gasteiger partial charge is 0.448 e. The molecule has 2 aliphatic rings. The average Bonchev–Trinajstić information content (AvgIpc) is 2.95. The molecule has 0 aliphatic carbocycles. The molecule has 1 aromatic heterocycles. The van der Waals surface area contributed by atoms with E-state index in [1.165, 1.54) is 4.90 Å². The number of hydrogen-bond acceptors (Lipinski definition) is 6. The van der Waals surface area contributed by atoms with Crippen LogP contribution in [-0.2, 0) is 9.53 Å². The van der Waals surface area contributed by atoms with Crippen LogP contribution in [0.1, 0.15) is 11.4 Å². The van der Waals surface area contributed by atoms with Gasteiger partial charge in [0.1, 0.15) is 19.0 Å². The fraction of sp³-hybridized carbons (Fsp3) is 0.600. The lowest BCUT2D eigenvalue weighted by Gasteiger charge is -2.36. The molecule has 2 fully saturated rings. The first-order valence-electron chi connectivity index (χ1n) is 7.79. The Bertz CT molecular complexity index is 613. The minimum atomic E-state index is -0.400. The van der Waals surface area contributed by atoms with E-state index in [4.69, 9.17) is 4.74 Å². The average molecular weight is 319 g/mol. The minimum absolute atomic E-state index is 0.0319. The third-order valence-corrected chi connectivity index (χ3v) is 4.15. The number of ether oxygens (including phenoxy) is 1. The molecule has 0 N–H and O–H groups in total. The highest BCUT2D eigenvalue weighted by atomic mass is 16.6. The van der Waals surface area contributed by atoms with Gasteiger partial charge in [-0.15, -0.1) is 0 Å². The molecular formula is C15H21N5O3. The van der Waals surface area contributed by atoms with Crippen molar-refractivity contribution in [2.24, 2.45) is 0 Å². The number of anilines is 1. The molecule has 23 heavy (non-hydrogen) atoms. The van der Waals surface area contributed by atoms with Crippen LogP contribution in [0.15, 0.2) is 6.20 Å². The summed E-state index contributed by atoms with van der Waals surface area (Å²) in [6.07, 6.45) is 1.36. The number of rotatable bonds is 3. The lowest BCUT2D eigenvalue weighted by atomic mass is 10.2. The molecule has 124 valence electrons. The second-order valence-corrected chi connectivity index (χ2v) is 5.82. The second kappa shape index (κ2) is 6.39. The van der Waals surface area contributed by atoms with Crippen molar-refractivity contribution in [1.29, 1.82) is 0 Å². The zero-order valence-corrected chi connectivity index (χ0v) is 13.5. The Balaban J connectivity index is 1.56. The van der Waals surface area contributed by atoms with Gasteiger partial charge in [0.15, 0.2) is 0 Å². The summed E-state index contributed by atoms with van der Waals surface area (Å²) in [6, 6.07) is 0. The van der Waals surface area contributed by atoms with Crippen molar-refractivity contribution < 1.29 is 14.3 Å². The van der Waals surface area contributed by atoms with Crippen molar-refractivity contribution in [3.8, 4) is 0 Å². The smallest absolute Gasteiger partial charge is 0.410 e. The Kier molecular flexibility index (Phi) is 4.31. The van der Waals surface area contributed by atoms with E-state index in [1.807, 2.05) is 13.8 Å². The zero-order chi connectivity index (χ0) is 16.4. The van der Waals surface area contributed by atoms with Gasteiger partial charge in [-0.05, 0) is 13.8 Å². The van der Waals surface area contributed by atoms with Gasteiger partial charge in [0.2, 0.25) is 5.91 Å². The molecule has 0 unspecified atom stereocenters. The molecule has 3 heterocycles. The lowest BCUT2D eigenvalue weighted by molar-refractivity contribution is -0.132. The predicted molar refractivity (Wildman–Crippen MR) is 83.2 cm³/mol. The quantitative estimate of drug-likeness (QED) is 0.791. The van der Waals surface area contributed by atoms with Gasteiger partial charge in [-0.25, -0.2) is 9.78 Å². The van der Waals surface area contributed by atoms with Gasteiger partial charge in [-0.1, -0.05) is 0 Å². The van der Waals surface area contributed by atoms with E-state index < -0.39 is 6.09 Å². The topological polar surface area (TPSA) is 78.9 Å². The highest BCUT2D eigenvalue weighted by Crippen LogP contribution is 2.17. The number of hydrogen-bond donors (Lipinski definition) is 0. The summed E-state index contributed by atoms with van der Waals surface area (Å²) in [4.78, 5) is 38.0. The van der Waals surface area contributed by atoms with E-state index in [-0.39, 0.29) is 12.5 Å². The summed E-state index contributed by atoms with van der Waals surface area (Å²) in [5.74, 6) is 0.857. The van der Waals surface area contributed by atoms with Crippen molar-refractivity contribution >= 4 is 17.8 Å². The van der Waals surface area contributed by atoms with Gasteiger partial charge in [-0.3, -0.25) is 14.7 Å². The molecule has 8 heteroatoms. The van der Waals surface area contributed by atoms with Crippen LogP contribution >= 0.6 is 0 Å². The van der Waals surface area contributed by atoms with Gasteiger partial charge in [0.05, 0.1) is 17.9 Å². The number of amides is 2. The highest BCUT2D eigenvalue weighted by molar-refractivity contribution is 5.83. The van der Waals surface area contributed by atoms with Crippen LogP contribution in [0.2, 0.25) is 0 Å². The Morgan fingerprint density at radius 3 is 2.61 bits per heavy atom. The second-order valence-electron chi connectivity index (χ2n) is 5.82. The summed E-state index contributed by atoms with van der Waals surface area (Å²) in [5.41, 5.74) is 1.78. The lowest BCUT2D eigenvalue weighted by Crippen LogP contribution is -2.51. The number of carbonyl (C=O) groups is 2. The number of nitrogens with zero attached hydrogens (tertiary/aromatic N) is 5. The molecule has 2 aliphatic heterocycles. The molecule has 0 bridgehead atoms. The van der Waals surface area contributed by atoms with Crippen LogP contribution < -0.4 is 4.90 Å². The Labute approximate surface area is 135 Å². The van der Waals surface area contributed by atoms with Gasteiger partial charge in [0, 0.05) is 32.4 Å². The molecule has 0 atom stereocenters. The SMILES string of the molecule is Cc1cnc(C)c(N2CCN(C(=O)CN3CCOC3=O)CC2)n1. The first-order valence-corrected chi connectivity index (χ1v) is 7.79. The van der Waals surface area contributed by atoms with E-state index in [9.17, 15) is 9.59 Å². The first kappa shape index (κ1) is 15.5. The molecule has 0 aromatic carbocycles. The van der Waals surface area contributed by atoms with Crippen LogP contribution in [0.25, 0.3) is 0 Å². The minimum Gasteiger partial charge on any atom is -0.448 e. The van der Waals surface area contributed by atoms with Gasteiger partial charge in [0.25, 0.3) is 0 Å². The van der Waals surface area contributed by atoms with Gasteiger partial charge >= 0.3 is 6.09 Å². The van der Waals surface area contributed by atoms with Crippen LogP contribution in [-0.4, -0.2) is 77.6 Å². The molecule has 8 nitrogen and oxygen atoms in total.